The van der Waals surface area contributed by atoms with E-state index in [1.807, 2.05) is 19.1 Å². The van der Waals surface area contributed by atoms with Gasteiger partial charge in [-0.3, -0.25) is 14.5 Å². The number of carbonyl (C=O) groups is 2. The van der Waals surface area contributed by atoms with Crippen molar-refractivity contribution in [1.82, 2.24) is 4.90 Å². The summed E-state index contributed by atoms with van der Waals surface area (Å²) in [5.41, 5.74) is 2.62. The molecule has 0 unspecified atom stereocenters. The van der Waals surface area contributed by atoms with Gasteiger partial charge in [0.25, 0.3) is 5.91 Å². The van der Waals surface area contributed by atoms with Gasteiger partial charge in [0, 0.05) is 10.6 Å². The summed E-state index contributed by atoms with van der Waals surface area (Å²) in [7, 11) is 1.27. The quantitative estimate of drug-likeness (QED) is 0.196. The first kappa shape index (κ1) is 27.6. The van der Waals surface area contributed by atoms with E-state index >= 15 is 0 Å². The Kier molecular flexibility index (Phi) is 8.81. The number of halogens is 1. The Labute approximate surface area is 236 Å². The highest BCUT2D eigenvalue weighted by Gasteiger charge is 2.40. The largest absolute Gasteiger partial charge is 0.490 e. The SMILES string of the molecule is CCOc1cc(/C=C2/C(=O)N(c3ccc(Cl)cc3)C(=S)N2CC(=O)OC)ccc1OCc1ccccc1C#N. The van der Waals surface area contributed by atoms with Gasteiger partial charge in [-0.25, -0.2) is 0 Å². The average Bonchev–Trinajstić information content (AvgIpc) is 3.17. The van der Waals surface area contributed by atoms with E-state index in [-0.39, 0.29) is 24.0 Å². The molecule has 1 amide bonds. The van der Waals surface area contributed by atoms with Crippen LogP contribution in [0.15, 0.2) is 72.4 Å². The van der Waals surface area contributed by atoms with E-state index in [1.165, 1.54) is 16.9 Å². The van der Waals surface area contributed by atoms with E-state index in [2.05, 4.69) is 6.07 Å². The Morgan fingerprint density at radius 2 is 1.82 bits per heavy atom. The van der Waals surface area contributed by atoms with E-state index < -0.39 is 11.9 Å². The van der Waals surface area contributed by atoms with E-state index in [4.69, 9.17) is 38.0 Å². The van der Waals surface area contributed by atoms with Gasteiger partial charge in [0.05, 0.1) is 31.0 Å². The molecule has 0 bridgehead atoms. The van der Waals surface area contributed by atoms with Crippen LogP contribution in [0.2, 0.25) is 5.02 Å². The standard InChI is InChI=1S/C29H24ClN3O5S/c1-3-37-26-15-19(8-13-25(26)38-18-21-7-5-4-6-20(21)16-31)14-24-28(35)33(23-11-9-22(30)10-12-23)29(39)32(24)17-27(34)36-2/h4-15H,3,17-18H2,1-2H3/b24-14-. The van der Waals surface area contributed by atoms with Crippen LogP contribution in [0.1, 0.15) is 23.6 Å². The number of ether oxygens (including phenoxy) is 3. The number of rotatable bonds is 9. The van der Waals surface area contributed by atoms with Gasteiger partial charge in [-0.15, -0.1) is 0 Å². The van der Waals surface area contributed by atoms with Crippen molar-refractivity contribution in [2.45, 2.75) is 13.5 Å². The normalized spacial score (nSPS) is 13.9. The van der Waals surface area contributed by atoms with Gasteiger partial charge in [0.15, 0.2) is 16.6 Å². The minimum absolute atomic E-state index is 0.139. The summed E-state index contributed by atoms with van der Waals surface area (Å²) >= 11 is 11.6. The number of methoxy groups -OCH3 is 1. The second kappa shape index (κ2) is 12.4. The number of amides is 1. The van der Waals surface area contributed by atoms with Crippen molar-refractivity contribution < 1.29 is 23.8 Å². The predicted octanol–water partition coefficient (Wildman–Crippen LogP) is 5.34. The smallest absolute Gasteiger partial charge is 0.325 e. The summed E-state index contributed by atoms with van der Waals surface area (Å²) < 4.78 is 16.6. The van der Waals surface area contributed by atoms with Crippen molar-refractivity contribution in [3.63, 3.8) is 0 Å². The molecule has 1 aliphatic rings. The number of nitrogens with zero attached hydrogens (tertiary/aromatic N) is 3. The van der Waals surface area contributed by atoms with Crippen LogP contribution in [-0.2, 0) is 20.9 Å². The number of thiocarbonyl (C=S) groups is 1. The molecule has 0 N–H and O–H groups in total. The zero-order chi connectivity index (χ0) is 27.9. The molecule has 4 rings (SSSR count). The third-order valence-corrected chi connectivity index (χ3v) is 6.48. The number of hydrogen-bond acceptors (Lipinski definition) is 7. The van der Waals surface area contributed by atoms with Crippen LogP contribution >= 0.6 is 23.8 Å². The zero-order valence-corrected chi connectivity index (χ0v) is 22.8. The van der Waals surface area contributed by atoms with Crippen LogP contribution in [0.5, 0.6) is 11.5 Å². The van der Waals surface area contributed by atoms with Crippen molar-refractivity contribution in [3.05, 3.63) is 94.1 Å². The Morgan fingerprint density at radius 1 is 1.08 bits per heavy atom. The van der Waals surface area contributed by atoms with Crippen LogP contribution in [0.25, 0.3) is 6.08 Å². The van der Waals surface area contributed by atoms with Crippen molar-refractivity contribution in [2.24, 2.45) is 0 Å². The number of anilines is 1. The Bertz CT molecular complexity index is 1480. The summed E-state index contributed by atoms with van der Waals surface area (Å²) in [6, 6.07) is 21.2. The van der Waals surface area contributed by atoms with Crippen LogP contribution in [0.4, 0.5) is 5.69 Å². The fourth-order valence-corrected chi connectivity index (χ4v) is 4.39. The van der Waals surface area contributed by atoms with Crippen molar-refractivity contribution in [3.8, 4) is 17.6 Å². The van der Waals surface area contributed by atoms with E-state index in [1.54, 1.807) is 60.7 Å². The van der Waals surface area contributed by atoms with E-state index in [9.17, 15) is 14.9 Å². The van der Waals surface area contributed by atoms with E-state index in [0.717, 1.165) is 5.56 Å². The molecule has 0 atom stereocenters. The first-order valence-electron chi connectivity index (χ1n) is 11.9. The minimum atomic E-state index is -0.551. The first-order valence-corrected chi connectivity index (χ1v) is 12.7. The lowest BCUT2D eigenvalue weighted by molar-refractivity contribution is -0.140. The number of carbonyl (C=O) groups excluding carboxylic acids is 2. The van der Waals surface area contributed by atoms with Gasteiger partial charge in [-0.05, 0) is 73.2 Å². The van der Waals surface area contributed by atoms with Crippen LogP contribution in [-0.4, -0.2) is 42.2 Å². The highest BCUT2D eigenvalue weighted by atomic mass is 35.5. The third-order valence-electron chi connectivity index (χ3n) is 5.83. The minimum Gasteiger partial charge on any atom is -0.490 e. The maximum atomic E-state index is 13.5. The lowest BCUT2D eigenvalue weighted by Crippen LogP contribution is -2.35. The van der Waals surface area contributed by atoms with Gasteiger partial charge in [0.1, 0.15) is 18.8 Å². The third kappa shape index (κ3) is 6.20. The topological polar surface area (TPSA) is 92.1 Å². The number of hydrogen-bond donors (Lipinski definition) is 0. The lowest BCUT2D eigenvalue weighted by Gasteiger charge is -2.19. The molecule has 3 aromatic carbocycles. The van der Waals surface area contributed by atoms with Gasteiger partial charge in [-0.2, -0.15) is 5.26 Å². The fourth-order valence-electron chi connectivity index (χ4n) is 3.92. The van der Waals surface area contributed by atoms with E-state index in [0.29, 0.717) is 39.9 Å². The van der Waals surface area contributed by atoms with Gasteiger partial charge in [0.2, 0.25) is 0 Å². The summed E-state index contributed by atoms with van der Waals surface area (Å²) in [6.07, 6.45) is 1.63. The molecule has 39 heavy (non-hydrogen) atoms. The summed E-state index contributed by atoms with van der Waals surface area (Å²) in [5.74, 6) is -0.0133. The predicted molar refractivity (Wildman–Crippen MR) is 151 cm³/mol. The molecule has 1 heterocycles. The van der Waals surface area contributed by atoms with Crippen molar-refractivity contribution in [2.75, 3.05) is 25.2 Å². The van der Waals surface area contributed by atoms with Gasteiger partial charge >= 0.3 is 5.97 Å². The molecule has 1 saturated heterocycles. The molecular weight excluding hydrogens is 538 g/mol. The Morgan fingerprint density at radius 3 is 2.51 bits per heavy atom. The molecular formula is C29H24ClN3O5S. The molecule has 0 radical (unpaired) electrons. The molecule has 8 nitrogen and oxygen atoms in total. The first-order chi connectivity index (χ1) is 18.9. The average molecular weight is 562 g/mol. The molecule has 0 aromatic heterocycles. The second-order valence-electron chi connectivity index (χ2n) is 8.29. The second-order valence-corrected chi connectivity index (χ2v) is 9.09. The summed E-state index contributed by atoms with van der Waals surface area (Å²) in [5, 5.41) is 10.00. The van der Waals surface area contributed by atoms with Crippen LogP contribution in [0, 0.1) is 11.3 Å². The Balaban J connectivity index is 1.67. The molecule has 1 fully saturated rings. The molecule has 198 valence electrons. The maximum absolute atomic E-state index is 13.5. The molecule has 0 spiro atoms. The van der Waals surface area contributed by atoms with Crippen molar-refractivity contribution in [1.29, 1.82) is 5.26 Å². The number of nitriles is 1. The van der Waals surface area contributed by atoms with Gasteiger partial charge in [-0.1, -0.05) is 35.9 Å². The highest BCUT2D eigenvalue weighted by Crippen LogP contribution is 2.33. The number of esters is 1. The number of benzene rings is 3. The molecule has 0 aliphatic carbocycles. The molecule has 10 heteroatoms. The van der Waals surface area contributed by atoms with Crippen LogP contribution in [0.3, 0.4) is 0 Å². The molecule has 0 saturated carbocycles. The maximum Gasteiger partial charge on any atom is 0.325 e. The zero-order valence-electron chi connectivity index (χ0n) is 21.2. The molecule has 3 aromatic rings. The molecule has 1 aliphatic heterocycles. The summed E-state index contributed by atoms with van der Waals surface area (Å²) in [6.45, 7) is 2.17. The van der Waals surface area contributed by atoms with Crippen molar-refractivity contribution >= 4 is 52.6 Å². The fraction of sp³-hybridized carbons (Fsp3) is 0.172. The van der Waals surface area contributed by atoms with Crippen LogP contribution < -0.4 is 14.4 Å². The Hall–Kier alpha value is -4.39. The lowest BCUT2D eigenvalue weighted by atomic mass is 10.1. The summed E-state index contributed by atoms with van der Waals surface area (Å²) in [4.78, 5) is 28.5. The highest BCUT2D eigenvalue weighted by molar-refractivity contribution is 7.80. The van der Waals surface area contributed by atoms with Gasteiger partial charge < -0.3 is 19.1 Å². The monoisotopic (exact) mass is 561 g/mol.